The molecule has 0 aliphatic heterocycles. The minimum absolute atomic E-state index is 0.127. The van der Waals surface area contributed by atoms with Gasteiger partial charge in [0.2, 0.25) is 0 Å². The molecule has 0 saturated heterocycles. The Morgan fingerprint density at radius 1 is 1.38 bits per heavy atom. The summed E-state index contributed by atoms with van der Waals surface area (Å²) >= 11 is 0. The maximum atomic E-state index is 11.5. The number of likely N-dealkylation sites (N-methyl/N-ethyl adjacent to an activating group) is 1. The van der Waals surface area contributed by atoms with Crippen LogP contribution in [0.15, 0.2) is 12.2 Å². The van der Waals surface area contributed by atoms with E-state index in [0.29, 0.717) is 12.1 Å². The van der Waals surface area contributed by atoms with Gasteiger partial charge in [0.1, 0.15) is 5.78 Å². The SMILES string of the molecule is C=C(C(=O)CC(C)=O)C(C)C(O)CN(C)C. The Balaban J connectivity index is 4.37. The van der Waals surface area contributed by atoms with Gasteiger partial charge in [-0.25, -0.2) is 0 Å². The summed E-state index contributed by atoms with van der Waals surface area (Å²) in [7, 11) is 3.69. The normalized spacial score (nSPS) is 14.6. The van der Waals surface area contributed by atoms with E-state index >= 15 is 0 Å². The van der Waals surface area contributed by atoms with Crippen LogP contribution in [0.4, 0.5) is 0 Å². The van der Waals surface area contributed by atoms with Crippen molar-refractivity contribution < 1.29 is 14.7 Å². The summed E-state index contributed by atoms with van der Waals surface area (Å²) in [5.41, 5.74) is 0.324. The van der Waals surface area contributed by atoms with E-state index in [1.165, 1.54) is 6.92 Å². The molecule has 0 fully saturated rings. The number of Topliss-reactive ketones (excluding diaryl/α,β-unsaturated/α-hetero) is 2. The fourth-order valence-corrected chi connectivity index (χ4v) is 1.36. The molecule has 0 aromatic rings. The Bertz CT molecular complexity index is 284. The monoisotopic (exact) mass is 227 g/mol. The molecule has 16 heavy (non-hydrogen) atoms. The summed E-state index contributed by atoms with van der Waals surface area (Å²) in [6, 6.07) is 0. The van der Waals surface area contributed by atoms with Crippen molar-refractivity contribution in [3.8, 4) is 0 Å². The van der Waals surface area contributed by atoms with Gasteiger partial charge in [-0.3, -0.25) is 9.59 Å². The van der Waals surface area contributed by atoms with Crippen molar-refractivity contribution in [2.24, 2.45) is 5.92 Å². The molecule has 4 nitrogen and oxygen atoms in total. The number of carbonyl (C=O) groups excluding carboxylic acids is 2. The molecule has 0 amide bonds. The van der Waals surface area contributed by atoms with Crippen molar-refractivity contribution >= 4 is 11.6 Å². The second-order valence-corrected chi connectivity index (χ2v) is 4.45. The van der Waals surface area contributed by atoms with Gasteiger partial charge in [0.25, 0.3) is 0 Å². The quantitative estimate of drug-likeness (QED) is 0.512. The van der Waals surface area contributed by atoms with Crippen molar-refractivity contribution in [1.29, 1.82) is 0 Å². The molecular weight excluding hydrogens is 206 g/mol. The van der Waals surface area contributed by atoms with Crippen LogP contribution in [0.5, 0.6) is 0 Å². The highest BCUT2D eigenvalue weighted by atomic mass is 16.3. The molecule has 2 atom stereocenters. The van der Waals surface area contributed by atoms with Gasteiger partial charge >= 0.3 is 0 Å². The second kappa shape index (κ2) is 6.55. The predicted molar refractivity (Wildman–Crippen MR) is 63.2 cm³/mol. The molecule has 92 valence electrons. The minimum atomic E-state index is -0.640. The number of ketones is 2. The summed E-state index contributed by atoms with van der Waals surface area (Å²) in [4.78, 5) is 24.2. The fraction of sp³-hybridized carbons (Fsp3) is 0.667. The Kier molecular flexibility index (Phi) is 6.14. The summed E-state index contributed by atoms with van der Waals surface area (Å²) < 4.78 is 0. The molecule has 1 N–H and O–H groups in total. The van der Waals surface area contributed by atoms with Crippen LogP contribution in [-0.4, -0.2) is 48.3 Å². The largest absolute Gasteiger partial charge is 0.391 e. The Hall–Kier alpha value is -1.00. The maximum Gasteiger partial charge on any atom is 0.165 e. The zero-order chi connectivity index (χ0) is 12.9. The van der Waals surface area contributed by atoms with E-state index in [1.807, 2.05) is 19.0 Å². The highest BCUT2D eigenvalue weighted by molar-refractivity contribution is 6.06. The van der Waals surface area contributed by atoms with Crippen LogP contribution in [0.25, 0.3) is 0 Å². The second-order valence-electron chi connectivity index (χ2n) is 4.45. The molecule has 4 heteroatoms. The standard InChI is InChI=1S/C12H21NO3/c1-8(14)6-11(15)9(2)10(3)12(16)7-13(4)5/h10,12,16H,2,6-7H2,1,3-5H3. The zero-order valence-electron chi connectivity index (χ0n) is 10.5. The van der Waals surface area contributed by atoms with Crippen molar-refractivity contribution in [2.45, 2.75) is 26.4 Å². The lowest BCUT2D eigenvalue weighted by molar-refractivity contribution is -0.124. The molecule has 0 saturated carbocycles. The molecule has 0 aromatic heterocycles. The molecule has 0 bridgehead atoms. The van der Waals surface area contributed by atoms with Gasteiger partial charge in [0, 0.05) is 12.5 Å². The number of aliphatic hydroxyl groups excluding tert-OH is 1. The van der Waals surface area contributed by atoms with Crippen LogP contribution in [0.2, 0.25) is 0 Å². The topological polar surface area (TPSA) is 57.6 Å². The van der Waals surface area contributed by atoms with Gasteiger partial charge in [0.15, 0.2) is 5.78 Å². The first-order chi connectivity index (χ1) is 7.25. The average Bonchev–Trinajstić information content (AvgIpc) is 2.13. The number of rotatable bonds is 7. The lowest BCUT2D eigenvalue weighted by Gasteiger charge is -2.23. The molecular formula is C12H21NO3. The highest BCUT2D eigenvalue weighted by Gasteiger charge is 2.22. The van der Waals surface area contributed by atoms with E-state index in [1.54, 1.807) is 6.92 Å². The Morgan fingerprint density at radius 2 is 1.88 bits per heavy atom. The number of hydrogen-bond donors (Lipinski definition) is 1. The average molecular weight is 227 g/mol. The van der Waals surface area contributed by atoms with E-state index in [-0.39, 0.29) is 23.9 Å². The lowest BCUT2D eigenvalue weighted by Crippen LogP contribution is -2.33. The molecule has 0 rings (SSSR count). The molecule has 0 radical (unpaired) electrons. The Morgan fingerprint density at radius 3 is 2.25 bits per heavy atom. The first-order valence-corrected chi connectivity index (χ1v) is 5.30. The fourth-order valence-electron chi connectivity index (χ4n) is 1.36. The molecule has 0 aliphatic carbocycles. The summed E-state index contributed by atoms with van der Waals surface area (Å²) in [6.45, 7) is 7.23. The molecule has 0 spiro atoms. The van der Waals surface area contributed by atoms with Gasteiger partial charge in [-0.15, -0.1) is 0 Å². The van der Waals surface area contributed by atoms with E-state index in [2.05, 4.69) is 6.58 Å². The molecule has 0 aliphatic rings. The zero-order valence-corrected chi connectivity index (χ0v) is 10.5. The third-order valence-corrected chi connectivity index (χ3v) is 2.45. The van der Waals surface area contributed by atoms with Crippen LogP contribution in [0, 0.1) is 5.92 Å². The van der Waals surface area contributed by atoms with Crippen molar-refractivity contribution in [3.63, 3.8) is 0 Å². The predicted octanol–water partition coefficient (Wildman–Crippen LogP) is 0.649. The lowest BCUT2D eigenvalue weighted by atomic mass is 9.91. The van der Waals surface area contributed by atoms with E-state index in [0.717, 1.165) is 0 Å². The summed E-state index contributed by atoms with van der Waals surface area (Å²) in [5, 5.41) is 9.80. The smallest absolute Gasteiger partial charge is 0.165 e. The summed E-state index contributed by atoms with van der Waals surface area (Å²) in [6.07, 6.45) is -0.767. The van der Waals surface area contributed by atoms with Crippen molar-refractivity contribution in [1.82, 2.24) is 4.90 Å². The minimum Gasteiger partial charge on any atom is -0.391 e. The van der Waals surface area contributed by atoms with E-state index < -0.39 is 6.10 Å². The van der Waals surface area contributed by atoms with E-state index in [4.69, 9.17) is 0 Å². The van der Waals surface area contributed by atoms with Gasteiger partial charge in [-0.05, 0) is 26.6 Å². The van der Waals surface area contributed by atoms with Crippen LogP contribution >= 0.6 is 0 Å². The molecule has 0 aromatic carbocycles. The number of nitrogens with zero attached hydrogens (tertiary/aromatic N) is 1. The van der Waals surface area contributed by atoms with E-state index in [9.17, 15) is 14.7 Å². The summed E-state index contributed by atoms with van der Waals surface area (Å²) in [5.74, 6) is -0.785. The highest BCUT2D eigenvalue weighted by Crippen LogP contribution is 2.16. The van der Waals surface area contributed by atoms with Gasteiger partial charge < -0.3 is 10.0 Å². The third kappa shape index (κ3) is 5.19. The van der Waals surface area contributed by atoms with Gasteiger partial charge in [0.05, 0.1) is 12.5 Å². The van der Waals surface area contributed by atoms with Crippen molar-refractivity contribution in [2.75, 3.05) is 20.6 Å². The van der Waals surface area contributed by atoms with Crippen molar-refractivity contribution in [3.05, 3.63) is 12.2 Å². The first kappa shape index (κ1) is 15.0. The molecule has 2 unspecified atom stereocenters. The van der Waals surface area contributed by atoms with Gasteiger partial charge in [-0.2, -0.15) is 0 Å². The van der Waals surface area contributed by atoms with Gasteiger partial charge in [-0.1, -0.05) is 13.5 Å². The first-order valence-electron chi connectivity index (χ1n) is 5.30. The van der Waals surface area contributed by atoms with Crippen LogP contribution in [0.3, 0.4) is 0 Å². The number of hydrogen-bond acceptors (Lipinski definition) is 4. The maximum absolute atomic E-state index is 11.5. The third-order valence-electron chi connectivity index (χ3n) is 2.45. The number of carbonyl (C=O) groups is 2. The van der Waals surface area contributed by atoms with Crippen LogP contribution in [-0.2, 0) is 9.59 Å². The van der Waals surface area contributed by atoms with Crippen LogP contribution in [0.1, 0.15) is 20.3 Å². The Labute approximate surface area is 96.9 Å². The van der Waals surface area contributed by atoms with Crippen LogP contribution < -0.4 is 0 Å². The number of aliphatic hydroxyl groups is 1. The molecule has 0 heterocycles.